The first-order valence-corrected chi connectivity index (χ1v) is 7.23. The van der Waals surface area contributed by atoms with Crippen molar-refractivity contribution in [2.75, 3.05) is 0 Å². The van der Waals surface area contributed by atoms with E-state index in [4.69, 9.17) is 19.3 Å². The van der Waals surface area contributed by atoms with Crippen molar-refractivity contribution < 1.29 is 1.43 Å². The second-order valence-electron chi connectivity index (χ2n) is 4.47. The van der Waals surface area contributed by atoms with Gasteiger partial charge in [-0.15, -0.1) is 0 Å². The molecule has 3 aromatic rings. The quantitative estimate of drug-likeness (QED) is 0.362. The van der Waals surface area contributed by atoms with E-state index in [0.717, 1.165) is 16.7 Å². The van der Waals surface area contributed by atoms with Gasteiger partial charge in [-0.05, 0) is 55.7 Å². The molecular weight excluding hydrogens is 407 g/mol. The van der Waals surface area contributed by atoms with Gasteiger partial charge in [-0.2, -0.15) is 0 Å². The van der Waals surface area contributed by atoms with Crippen LogP contribution in [0.4, 0.5) is 0 Å². The molecule has 0 N–H and O–H groups in total. The van der Waals surface area contributed by atoms with Crippen LogP contribution in [0.3, 0.4) is 0 Å². The molecule has 0 bridgehead atoms. The average molecular weight is 424 g/mol. The SMILES string of the molecule is [C]#Cc1ccccc1.[C]#Cc1ccccc1.[C]#Cc1ccccc1.[HH].[Sn]. The molecule has 1 heteroatoms. The van der Waals surface area contributed by atoms with Crippen LogP contribution in [-0.4, -0.2) is 23.9 Å². The maximum atomic E-state index is 6.69. The van der Waals surface area contributed by atoms with Crippen LogP contribution in [0.15, 0.2) is 91.0 Å². The molecule has 0 heterocycles. The van der Waals surface area contributed by atoms with Crippen LogP contribution < -0.4 is 0 Å². The molecular formula is C24H17Sn. The van der Waals surface area contributed by atoms with Crippen molar-refractivity contribution in [3.8, 4) is 17.8 Å². The fourth-order valence-electron chi connectivity index (χ4n) is 1.56. The molecule has 0 saturated carbocycles. The summed E-state index contributed by atoms with van der Waals surface area (Å²) < 4.78 is 0. The summed E-state index contributed by atoms with van der Waals surface area (Å²) in [6.45, 7) is 0. The normalized spacial score (nSPS) is 7.56. The first-order chi connectivity index (χ1) is 11.8. The molecule has 0 aliphatic heterocycles. The van der Waals surface area contributed by atoms with E-state index in [1.54, 1.807) is 0 Å². The molecule has 0 nitrogen and oxygen atoms in total. The van der Waals surface area contributed by atoms with Gasteiger partial charge in [-0.3, -0.25) is 0 Å². The zero-order chi connectivity index (χ0) is 17.5. The van der Waals surface area contributed by atoms with Crippen LogP contribution in [0.2, 0.25) is 0 Å². The number of hydrogen-bond acceptors (Lipinski definition) is 0. The molecule has 0 aliphatic rings. The van der Waals surface area contributed by atoms with Gasteiger partial charge in [-0.25, -0.2) is 0 Å². The van der Waals surface area contributed by atoms with Gasteiger partial charge in [0.15, 0.2) is 0 Å². The first-order valence-electron chi connectivity index (χ1n) is 7.23. The van der Waals surface area contributed by atoms with E-state index in [1.165, 1.54) is 0 Å². The molecule has 0 unspecified atom stereocenters. The van der Waals surface area contributed by atoms with Gasteiger partial charge < -0.3 is 0 Å². The summed E-state index contributed by atoms with van der Waals surface area (Å²) in [5.41, 5.74) is 2.48. The Morgan fingerprint density at radius 3 is 0.760 bits per heavy atom. The van der Waals surface area contributed by atoms with Gasteiger partial charge in [0.05, 0.1) is 0 Å². The minimum atomic E-state index is 0. The van der Waals surface area contributed by atoms with Crippen molar-refractivity contribution in [2.24, 2.45) is 0 Å². The summed E-state index contributed by atoms with van der Waals surface area (Å²) >= 11 is 0. The smallest absolute Gasteiger partial charge is 0.0255 e. The molecule has 7 radical (unpaired) electrons. The van der Waals surface area contributed by atoms with E-state index in [2.05, 4.69) is 17.8 Å². The van der Waals surface area contributed by atoms with Gasteiger partial charge in [0.1, 0.15) is 0 Å². The largest absolute Gasteiger partial charge is 0.0622 e. The minimum absolute atomic E-state index is 0. The van der Waals surface area contributed by atoms with E-state index in [-0.39, 0.29) is 25.3 Å². The second-order valence-corrected chi connectivity index (χ2v) is 4.47. The number of hydrogen-bond donors (Lipinski definition) is 0. The molecule has 0 fully saturated rings. The van der Waals surface area contributed by atoms with Crippen LogP contribution in [0.1, 0.15) is 18.1 Å². The Morgan fingerprint density at radius 2 is 0.640 bits per heavy atom. The zero-order valence-electron chi connectivity index (χ0n) is 13.7. The van der Waals surface area contributed by atoms with Gasteiger partial charge in [0.25, 0.3) is 0 Å². The van der Waals surface area contributed by atoms with Crippen LogP contribution in [0, 0.1) is 37.0 Å². The van der Waals surface area contributed by atoms with Crippen LogP contribution in [-0.2, 0) is 0 Å². The van der Waals surface area contributed by atoms with Gasteiger partial charge >= 0.3 is 0 Å². The van der Waals surface area contributed by atoms with E-state index in [0.29, 0.717) is 0 Å². The maximum absolute atomic E-state index is 6.69. The Hall–Kier alpha value is -2.86. The Kier molecular flexibility index (Phi) is 13.0. The number of benzene rings is 3. The van der Waals surface area contributed by atoms with Crippen molar-refractivity contribution in [1.82, 2.24) is 0 Å². The Labute approximate surface area is 169 Å². The molecule has 3 aromatic carbocycles. The molecule has 0 spiro atoms. The van der Waals surface area contributed by atoms with Gasteiger partial charge in [0, 0.05) is 42.0 Å². The molecule has 0 amide bonds. The van der Waals surface area contributed by atoms with Crippen LogP contribution in [0.5, 0.6) is 0 Å². The molecule has 0 atom stereocenters. The third kappa shape index (κ3) is 10.5. The monoisotopic (exact) mass is 425 g/mol. The van der Waals surface area contributed by atoms with Crippen LogP contribution in [0.25, 0.3) is 0 Å². The average Bonchev–Trinajstić information content (AvgIpc) is 2.71. The van der Waals surface area contributed by atoms with Gasteiger partial charge in [-0.1, -0.05) is 72.4 Å². The van der Waals surface area contributed by atoms with E-state index in [1.807, 2.05) is 91.0 Å². The summed E-state index contributed by atoms with van der Waals surface area (Å²) in [6, 6.07) is 28.1. The topological polar surface area (TPSA) is 0 Å². The molecule has 25 heavy (non-hydrogen) atoms. The van der Waals surface area contributed by atoms with Crippen molar-refractivity contribution >= 4 is 23.9 Å². The van der Waals surface area contributed by atoms with E-state index in [9.17, 15) is 0 Å². The third-order valence-corrected chi connectivity index (χ3v) is 2.75. The summed E-state index contributed by atoms with van der Waals surface area (Å²) in [5.74, 6) is 6.83. The van der Waals surface area contributed by atoms with Crippen molar-refractivity contribution in [3.63, 3.8) is 0 Å². The fraction of sp³-hybridized carbons (Fsp3) is 0. The van der Waals surface area contributed by atoms with E-state index >= 15 is 0 Å². The minimum Gasteiger partial charge on any atom is -0.0622 e. The molecule has 3 rings (SSSR count). The Bertz CT molecular complexity index is 703. The van der Waals surface area contributed by atoms with Crippen molar-refractivity contribution in [2.45, 2.75) is 0 Å². The predicted octanol–water partition coefficient (Wildman–Crippen LogP) is 4.74. The molecule has 0 saturated heterocycles. The van der Waals surface area contributed by atoms with Crippen molar-refractivity contribution in [3.05, 3.63) is 127 Å². The maximum Gasteiger partial charge on any atom is 0.0255 e. The molecule has 117 valence electrons. The number of rotatable bonds is 0. The summed E-state index contributed by atoms with van der Waals surface area (Å²) in [4.78, 5) is 0. The predicted molar refractivity (Wildman–Crippen MR) is 106 cm³/mol. The molecule has 0 aliphatic carbocycles. The molecule has 0 aromatic heterocycles. The first kappa shape index (κ1) is 22.1. The Balaban J connectivity index is 0. The second kappa shape index (κ2) is 14.7. The fourth-order valence-corrected chi connectivity index (χ4v) is 1.56. The van der Waals surface area contributed by atoms with Gasteiger partial charge in [0.2, 0.25) is 0 Å². The summed E-state index contributed by atoms with van der Waals surface area (Å²) in [6.07, 6.45) is 20.1. The van der Waals surface area contributed by atoms with E-state index < -0.39 is 0 Å². The summed E-state index contributed by atoms with van der Waals surface area (Å²) in [7, 11) is 0. The van der Waals surface area contributed by atoms with Crippen molar-refractivity contribution in [1.29, 1.82) is 0 Å². The third-order valence-electron chi connectivity index (χ3n) is 2.75. The Morgan fingerprint density at radius 1 is 0.440 bits per heavy atom. The van der Waals surface area contributed by atoms with Crippen LogP contribution >= 0.6 is 0 Å². The standard InChI is InChI=1S/3C8H5.Sn.H2/c3*1-2-8-6-4-3-5-7-8;;/h3*3-7H;;1H. The summed E-state index contributed by atoms with van der Waals surface area (Å²) in [5, 5.41) is 0. The zero-order valence-corrected chi connectivity index (χ0v) is 16.5.